The second-order valence-electron chi connectivity index (χ2n) is 5.24. The first-order chi connectivity index (χ1) is 9.72. The van der Waals surface area contributed by atoms with Crippen LogP contribution in [0.15, 0.2) is 24.3 Å². The van der Waals surface area contributed by atoms with Crippen molar-refractivity contribution in [1.82, 2.24) is 5.32 Å². The molecule has 1 heterocycles. The fraction of sp³-hybridized carbons (Fsp3) is 0.500. The van der Waals surface area contributed by atoms with E-state index >= 15 is 0 Å². The van der Waals surface area contributed by atoms with Crippen molar-refractivity contribution in [3.05, 3.63) is 35.4 Å². The Morgan fingerprint density at radius 1 is 1.15 bits per heavy atom. The zero-order chi connectivity index (χ0) is 14.4. The van der Waals surface area contributed by atoms with Crippen LogP contribution in [-0.2, 0) is 10.7 Å². The molecule has 0 spiro atoms. The summed E-state index contributed by atoms with van der Waals surface area (Å²) in [6.45, 7) is 0.674. The highest BCUT2D eigenvalue weighted by atomic mass is 35.5. The smallest absolute Gasteiger partial charge is 0.230 e. The lowest BCUT2D eigenvalue weighted by Crippen LogP contribution is -2.35. The maximum Gasteiger partial charge on any atom is 0.230 e. The Labute approximate surface area is 124 Å². The fourth-order valence-electron chi connectivity index (χ4n) is 2.50. The monoisotopic (exact) mass is 293 g/mol. The number of hydrogen-bond acceptors (Lipinski definition) is 2. The maximum atomic E-state index is 12.5. The van der Waals surface area contributed by atoms with Crippen molar-refractivity contribution in [2.45, 2.75) is 38.0 Å². The second-order valence-corrected chi connectivity index (χ2v) is 5.51. The lowest BCUT2D eigenvalue weighted by molar-refractivity contribution is -0.123. The molecule has 3 nitrogen and oxygen atoms in total. The van der Waals surface area contributed by atoms with E-state index in [-0.39, 0.29) is 11.7 Å². The average molecular weight is 294 g/mol. The van der Waals surface area contributed by atoms with Gasteiger partial charge in [0.05, 0.1) is 0 Å². The molecule has 0 radical (unpaired) electrons. The van der Waals surface area contributed by atoms with Crippen LogP contribution in [0.4, 0.5) is 0 Å². The molecule has 0 aliphatic carbocycles. The van der Waals surface area contributed by atoms with E-state index in [0.717, 1.165) is 31.2 Å². The zero-order valence-electron chi connectivity index (χ0n) is 11.5. The summed E-state index contributed by atoms with van der Waals surface area (Å²) >= 11 is 5.74. The topological polar surface area (TPSA) is 46.2 Å². The van der Waals surface area contributed by atoms with Gasteiger partial charge in [-0.05, 0) is 18.4 Å². The lowest BCUT2D eigenvalue weighted by Gasteiger charge is -2.14. The van der Waals surface area contributed by atoms with Crippen molar-refractivity contribution in [2.75, 3.05) is 6.54 Å². The summed E-state index contributed by atoms with van der Waals surface area (Å²) in [6, 6.07) is 7.21. The van der Waals surface area contributed by atoms with Gasteiger partial charge in [0, 0.05) is 18.0 Å². The normalized spacial score (nSPS) is 20.4. The summed E-state index contributed by atoms with van der Waals surface area (Å²) in [6.07, 6.45) is 4.78. The minimum atomic E-state index is -0.546. The summed E-state index contributed by atoms with van der Waals surface area (Å²) in [5.74, 6) is -0.322. The maximum absolute atomic E-state index is 12.5. The highest BCUT2D eigenvalue weighted by molar-refractivity contribution is 6.17. The number of alkyl halides is 1. The first kappa shape index (κ1) is 15.0. The largest absolute Gasteiger partial charge is 0.355 e. The van der Waals surface area contributed by atoms with Gasteiger partial charge in [-0.15, -0.1) is 11.6 Å². The van der Waals surface area contributed by atoms with Crippen LogP contribution in [0, 0.1) is 5.92 Å². The second kappa shape index (κ2) is 7.44. The molecule has 1 amide bonds. The predicted molar refractivity (Wildman–Crippen MR) is 79.9 cm³/mol. The molecule has 1 aromatic rings. The van der Waals surface area contributed by atoms with Crippen LogP contribution in [0.2, 0.25) is 0 Å². The average Bonchev–Trinajstić information content (AvgIpc) is 2.59. The van der Waals surface area contributed by atoms with Gasteiger partial charge in [-0.1, -0.05) is 43.5 Å². The Hall–Kier alpha value is -1.35. The van der Waals surface area contributed by atoms with Crippen molar-refractivity contribution < 1.29 is 9.59 Å². The van der Waals surface area contributed by atoms with Gasteiger partial charge in [-0.2, -0.15) is 0 Å². The Bertz CT molecular complexity index is 470. The number of halogens is 1. The lowest BCUT2D eigenvalue weighted by atomic mass is 9.91. The van der Waals surface area contributed by atoms with Gasteiger partial charge in [0.1, 0.15) is 5.92 Å². The summed E-state index contributed by atoms with van der Waals surface area (Å²) in [4.78, 5) is 24.6. The number of amides is 1. The Morgan fingerprint density at radius 3 is 2.55 bits per heavy atom. The van der Waals surface area contributed by atoms with Gasteiger partial charge in [0.15, 0.2) is 5.78 Å². The third-order valence-corrected chi connectivity index (χ3v) is 4.05. The summed E-state index contributed by atoms with van der Waals surface area (Å²) in [7, 11) is 0. The molecule has 1 aliphatic heterocycles. The van der Waals surface area contributed by atoms with E-state index in [1.165, 1.54) is 0 Å². The van der Waals surface area contributed by atoms with Crippen molar-refractivity contribution in [3.8, 4) is 0 Å². The van der Waals surface area contributed by atoms with Crippen LogP contribution in [0.5, 0.6) is 0 Å². The molecule has 1 aliphatic rings. The Morgan fingerprint density at radius 2 is 1.85 bits per heavy atom. The Kier molecular flexibility index (Phi) is 5.60. The molecule has 1 unspecified atom stereocenters. The number of Topliss-reactive ketones (excluding diaryl/α,β-unsaturated/α-hetero) is 1. The third-order valence-electron chi connectivity index (χ3n) is 3.74. The molecule has 1 saturated heterocycles. The van der Waals surface area contributed by atoms with E-state index in [9.17, 15) is 9.59 Å². The highest BCUT2D eigenvalue weighted by Crippen LogP contribution is 2.19. The fourth-order valence-corrected chi connectivity index (χ4v) is 2.68. The van der Waals surface area contributed by atoms with E-state index in [1.54, 1.807) is 12.1 Å². The third kappa shape index (κ3) is 3.83. The van der Waals surface area contributed by atoms with Crippen molar-refractivity contribution in [3.63, 3.8) is 0 Å². The van der Waals surface area contributed by atoms with Gasteiger partial charge in [-0.25, -0.2) is 0 Å². The molecule has 2 rings (SSSR count). The van der Waals surface area contributed by atoms with Crippen LogP contribution in [-0.4, -0.2) is 18.2 Å². The van der Waals surface area contributed by atoms with E-state index in [1.807, 2.05) is 12.1 Å². The van der Waals surface area contributed by atoms with Gasteiger partial charge in [0.25, 0.3) is 0 Å². The van der Waals surface area contributed by atoms with Gasteiger partial charge < -0.3 is 5.32 Å². The molecule has 0 aromatic heterocycles. The molecule has 0 bridgehead atoms. The molecule has 108 valence electrons. The van der Waals surface area contributed by atoms with Crippen LogP contribution in [0.25, 0.3) is 0 Å². The number of rotatable bonds is 3. The van der Waals surface area contributed by atoms with E-state index in [2.05, 4.69) is 5.32 Å². The van der Waals surface area contributed by atoms with Crippen molar-refractivity contribution in [2.24, 2.45) is 5.92 Å². The van der Waals surface area contributed by atoms with Crippen LogP contribution >= 0.6 is 11.6 Å². The van der Waals surface area contributed by atoms with E-state index in [4.69, 9.17) is 11.6 Å². The van der Waals surface area contributed by atoms with Gasteiger partial charge in [-0.3, -0.25) is 9.59 Å². The number of ketones is 1. The quantitative estimate of drug-likeness (QED) is 0.528. The molecular formula is C16H20ClNO2. The zero-order valence-corrected chi connectivity index (χ0v) is 12.3. The number of hydrogen-bond donors (Lipinski definition) is 1. The molecule has 20 heavy (non-hydrogen) atoms. The SMILES string of the molecule is O=C1NCCCCCCC1C(=O)c1ccc(CCl)cc1. The predicted octanol–water partition coefficient (Wildman–Crippen LogP) is 3.30. The minimum Gasteiger partial charge on any atom is -0.355 e. The number of carbonyl (C=O) groups excluding carboxylic acids is 2. The number of carbonyl (C=O) groups is 2. The molecule has 1 aromatic carbocycles. The Balaban J connectivity index is 2.12. The number of benzene rings is 1. The number of nitrogens with one attached hydrogen (secondary N) is 1. The van der Waals surface area contributed by atoms with Crippen molar-refractivity contribution in [1.29, 1.82) is 0 Å². The summed E-state index contributed by atoms with van der Waals surface area (Å²) in [5, 5.41) is 2.87. The standard InChI is InChI=1S/C16H20ClNO2/c17-11-12-6-8-13(9-7-12)15(19)14-5-3-1-2-4-10-18-16(14)20/h6-9,14H,1-5,10-11H2,(H,18,20). The molecule has 1 N–H and O–H groups in total. The van der Waals surface area contributed by atoms with Gasteiger partial charge >= 0.3 is 0 Å². The van der Waals surface area contributed by atoms with Crippen molar-refractivity contribution >= 4 is 23.3 Å². The molecular weight excluding hydrogens is 274 g/mol. The summed E-state index contributed by atoms with van der Waals surface area (Å²) < 4.78 is 0. The van der Waals surface area contributed by atoms with Crippen LogP contribution in [0.1, 0.15) is 48.0 Å². The van der Waals surface area contributed by atoms with Gasteiger partial charge in [0.2, 0.25) is 5.91 Å². The van der Waals surface area contributed by atoms with E-state index in [0.29, 0.717) is 24.4 Å². The first-order valence-electron chi connectivity index (χ1n) is 7.19. The first-order valence-corrected chi connectivity index (χ1v) is 7.72. The molecule has 1 fully saturated rings. The molecule has 0 saturated carbocycles. The molecule has 4 heteroatoms. The minimum absolute atomic E-state index is 0.0782. The highest BCUT2D eigenvalue weighted by Gasteiger charge is 2.27. The van der Waals surface area contributed by atoms with E-state index < -0.39 is 5.92 Å². The summed E-state index contributed by atoms with van der Waals surface area (Å²) in [5.41, 5.74) is 1.57. The van der Waals surface area contributed by atoms with Crippen LogP contribution in [0.3, 0.4) is 0 Å². The molecule has 1 atom stereocenters. The van der Waals surface area contributed by atoms with Crippen LogP contribution < -0.4 is 5.32 Å².